The summed E-state index contributed by atoms with van der Waals surface area (Å²) < 4.78 is 0. The van der Waals surface area contributed by atoms with E-state index in [1.165, 1.54) is 27.8 Å². The molecule has 0 atom stereocenters. The van der Waals surface area contributed by atoms with Gasteiger partial charge in [-0.05, 0) is 62.7 Å². The second-order valence-electron chi connectivity index (χ2n) is 11.5. The van der Waals surface area contributed by atoms with E-state index in [-0.39, 0.29) is 0 Å². The van der Waals surface area contributed by atoms with Gasteiger partial charge in [0, 0.05) is 29.1 Å². The summed E-state index contributed by atoms with van der Waals surface area (Å²) in [5.41, 5.74) is 11.9. The van der Waals surface area contributed by atoms with Crippen LogP contribution in [0, 0.1) is 0 Å². The fourth-order valence-corrected chi connectivity index (χ4v) is 6.09. The maximum Gasteiger partial charge on any atom is 0.165 e. The molecule has 2 heterocycles. The Morgan fingerprint density at radius 2 is 0.750 bits per heavy atom. The molecule has 0 amide bonds. The molecule has 0 N–H and O–H groups in total. The molecule has 4 heteroatoms. The van der Waals surface area contributed by atoms with Crippen LogP contribution in [0.15, 0.2) is 182 Å². The Bertz CT molecular complexity index is 2250. The summed E-state index contributed by atoms with van der Waals surface area (Å²) in [6, 6.07) is 58.8. The molecule has 0 spiro atoms. The van der Waals surface area contributed by atoms with Gasteiger partial charge in [-0.2, -0.15) is 0 Å². The number of nitrogens with zero attached hydrogens (tertiary/aromatic N) is 4. The first-order chi connectivity index (χ1) is 23.8. The van der Waals surface area contributed by atoms with Gasteiger partial charge in [-0.15, -0.1) is 0 Å². The molecule has 48 heavy (non-hydrogen) atoms. The lowest BCUT2D eigenvalue weighted by molar-refractivity contribution is 1.07. The average Bonchev–Trinajstić information content (AvgIpc) is 3.19. The second kappa shape index (κ2) is 13.1. The monoisotopic (exact) mass is 614 g/mol. The molecule has 0 bridgehead atoms. The van der Waals surface area contributed by atoms with E-state index in [4.69, 9.17) is 15.0 Å². The molecule has 226 valence electrons. The lowest BCUT2D eigenvalue weighted by Gasteiger charge is -2.17. The molecule has 4 nitrogen and oxygen atoms in total. The van der Waals surface area contributed by atoms with Crippen molar-refractivity contribution in [2.75, 3.05) is 0 Å². The summed E-state index contributed by atoms with van der Waals surface area (Å²) in [5, 5.41) is 0. The molecule has 8 rings (SSSR count). The van der Waals surface area contributed by atoms with Crippen LogP contribution in [0.5, 0.6) is 0 Å². The van der Waals surface area contributed by atoms with E-state index < -0.39 is 0 Å². The van der Waals surface area contributed by atoms with Crippen molar-refractivity contribution in [3.05, 3.63) is 182 Å². The van der Waals surface area contributed by atoms with Crippen LogP contribution in [0.2, 0.25) is 0 Å². The molecule has 0 aliphatic rings. The first-order valence-electron chi connectivity index (χ1n) is 16.0. The Balaban J connectivity index is 1.25. The van der Waals surface area contributed by atoms with Gasteiger partial charge in [-0.3, -0.25) is 4.98 Å². The van der Waals surface area contributed by atoms with Crippen LogP contribution in [0.1, 0.15) is 0 Å². The van der Waals surface area contributed by atoms with Crippen molar-refractivity contribution in [3.8, 4) is 78.7 Å². The van der Waals surface area contributed by atoms with Gasteiger partial charge in [0.25, 0.3) is 0 Å². The second-order valence-corrected chi connectivity index (χ2v) is 11.5. The zero-order chi connectivity index (χ0) is 32.1. The molecule has 0 aliphatic carbocycles. The third-order valence-electron chi connectivity index (χ3n) is 8.45. The lowest BCUT2D eigenvalue weighted by Crippen LogP contribution is -2.00. The standard InChI is InChI=1S/C44H30N4/c1-4-13-31(14-5-1)36-19-10-20-37(29-36)43-46-42(47-44(48-43)38-21-12-28-45-30-38)35-26-24-34(25-27-35)41-39(32-15-6-2-7-16-32)22-11-23-40(41)33-17-8-3-9-18-33/h1-30H. The maximum absolute atomic E-state index is 5.02. The van der Waals surface area contributed by atoms with Gasteiger partial charge in [0.2, 0.25) is 0 Å². The van der Waals surface area contributed by atoms with Gasteiger partial charge in [-0.1, -0.05) is 152 Å². The summed E-state index contributed by atoms with van der Waals surface area (Å²) in [6.07, 6.45) is 3.55. The van der Waals surface area contributed by atoms with Crippen LogP contribution in [-0.2, 0) is 0 Å². The van der Waals surface area contributed by atoms with Gasteiger partial charge in [0.1, 0.15) is 0 Å². The Kier molecular flexibility index (Phi) is 7.87. The fraction of sp³-hybridized carbons (Fsp3) is 0. The summed E-state index contributed by atoms with van der Waals surface area (Å²) in [4.78, 5) is 19.2. The van der Waals surface area contributed by atoms with E-state index in [1.807, 2.05) is 42.5 Å². The summed E-state index contributed by atoms with van der Waals surface area (Å²) in [6.45, 7) is 0. The zero-order valence-corrected chi connectivity index (χ0v) is 26.1. The molecule has 0 fully saturated rings. The van der Waals surface area contributed by atoms with E-state index in [2.05, 4.69) is 132 Å². The Morgan fingerprint density at radius 3 is 1.33 bits per heavy atom. The van der Waals surface area contributed by atoms with Gasteiger partial charge in [0.05, 0.1) is 0 Å². The number of benzene rings is 6. The first kappa shape index (κ1) is 28.9. The van der Waals surface area contributed by atoms with Crippen LogP contribution in [0.4, 0.5) is 0 Å². The largest absolute Gasteiger partial charge is 0.264 e. The van der Waals surface area contributed by atoms with E-state index in [0.29, 0.717) is 17.5 Å². The Morgan fingerprint density at radius 1 is 0.292 bits per heavy atom. The topological polar surface area (TPSA) is 51.6 Å². The highest BCUT2D eigenvalue weighted by Crippen LogP contribution is 2.40. The van der Waals surface area contributed by atoms with E-state index in [1.54, 1.807) is 12.4 Å². The van der Waals surface area contributed by atoms with Crippen molar-refractivity contribution in [2.45, 2.75) is 0 Å². The lowest BCUT2D eigenvalue weighted by atomic mass is 9.87. The van der Waals surface area contributed by atoms with Crippen molar-refractivity contribution in [1.29, 1.82) is 0 Å². The van der Waals surface area contributed by atoms with E-state index in [0.717, 1.165) is 33.4 Å². The third-order valence-corrected chi connectivity index (χ3v) is 8.45. The highest BCUT2D eigenvalue weighted by Gasteiger charge is 2.16. The highest BCUT2D eigenvalue weighted by molar-refractivity contribution is 5.94. The van der Waals surface area contributed by atoms with Gasteiger partial charge in [-0.25, -0.2) is 15.0 Å². The molecule has 0 saturated carbocycles. The predicted molar refractivity (Wildman–Crippen MR) is 196 cm³/mol. The molecule has 0 radical (unpaired) electrons. The zero-order valence-electron chi connectivity index (χ0n) is 26.1. The van der Waals surface area contributed by atoms with Crippen molar-refractivity contribution >= 4 is 0 Å². The normalized spacial score (nSPS) is 10.9. The molecule has 0 unspecified atom stereocenters. The molecule has 0 saturated heterocycles. The van der Waals surface area contributed by atoms with Crippen molar-refractivity contribution in [2.24, 2.45) is 0 Å². The number of rotatable bonds is 7. The Labute approximate surface area is 280 Å². The molecule has 6 aromatic carbocycles. The number of hydrogen-bond donors (Lipinski definition) is 0. The molecule has 2 aromatic heterocycles. The van der Waals surface area contributed by atoms with E-state index in [9.17, 15) is 0 Å². The SMILES string of the molecule is c1ccc(-c2cccc(-c3nc(-c4ccc(-c5c(-c6ccccc6)cccc5-c5ccccc5)cc4)nc(-c4cccnc4)n3)c2)cc1. The quantitative estimate of drug-likeness (QED) is 0.179. The van der Waals surface area contributed by atoms with Crippen molar-refractivity contribution in [3.63, 3.8) is 0 Å². The number of aromatic nitrogens is 4. The minimum absolute atomic E-state index is 0.582. The first-order valence-corrected chi connectivity index (χ1v) is 16.0. The molecule has 8 aromatic rings. The predicted octanol–water partition coefficient (Wildman–Crippen LogP) is 10.9. The van der Waals surface area contributed by atoms with Crippen LogP contribution < -0.4 is 0 Å². The maximum atomic E-state index is 5.02. The van der Waals surface area contributed by atoms with Crippen LogP contribution in [0.3, 0.4) is 0 Å². The average molecular weight is 615 g/mol. The molecule has 0 aliphatic heterocycles. The smallest absolute Gasteiger partial charge is 0.165 e. The number of hydrogen-bond acceptors (Lipinski definition) is 4. The van der Waals surface area contributed by atoms with Crippen LogP contribution in [-0.4, -0.2) is 19.9 Å². The van der Waals surface area contributed by atoms with Crippen LogP contribution >= 0.6 is 0 Å². The Hall–Kier alpha value is -6.52. The van der Waals surface area contributed by atoms with Crippen LogP contribution in [0.25, 0.3) is 78.7 Å². The van der Waals surface area contributed by atoms with Gasteiger partial charge < -0.3 is 0 Å². The minimum Gasteiger partial charge on any atom is -0.264 e. The summed E-state index contributed by atoms with van der Waals surface area (Å²) >= 11 is 0. The third kappa shape index (κ3) is 5.91. The summed E-state index contributed by atoms with van der Waals surface area (Å²) in [7, 11) is 0. The van der Waals surface area contributed by atoms with Gasteiger partial charge in [0.15, 0.2) is 17.5 Å². The van der Waals surface area contributed by atoms with Crippen molar-refractivity contribution in [1.82, 2.24) is 19.9 Å². The molecular formula is C44H30N4. The summed E-state index contributed by atoms with van der Waals surface area (Å²) in [5.74, 6) is 1.80. The number of pyridine rings is 1. The highest BCUT2D eigenvalue weighted by atomic mass is 15.0. The fourth-order valence-electron chi connectivity index (χ4n) is 6.09. The molecular weight excluding hydrogens is 585 g/mol. The van der Waals surface area contributed by atoms with Gasteiger partial charge >= 0.3 is 0 Å². The van der Waals surface area contributed by atoms with E-state index >= 15 is 0 Å². The minimum atomic E-state index is 0.582. The van der Waals surface area contributed by atoms with Crippen molar-refractivity contribution < 1.29 is 0 Å².